The summed E-state index contributed by atoms with van der Waals surface area (Å²) in [6, 6.07) is 11.6. The molecular formula is C18H19N2O2+. The highest BCUT2D eigenvalue weighted by atomic mass is 16.4. The van der Waals surface area contributed by atoms with Crippen LogP contribution in [0.5, 0.6) is 0 Å². The molecule has 0 saturated heterocycles. The van der Waals surface area contributed by atoms with E-state index in [0.717, 1.165) is 29.7 Å². The molecular weight excluding hydrogens is 276 g/mol. The second kappa shape index (κ2) is 6.02. The van der Waals surface area contributed by atoms with E-state index in [2.05, 4.69) is 29.8 Å². The van der Waals surface area contributed by atoms with Crippen molar-refractivity contribution in [3.63, 3.8) is 0 Å². The predicted molar refractivity (Wildman–Crippen MR) is 88.0 cm³/mol. The number of nitrogens with zero attached hydrogens (tertiary/aromatic N) is 1. The predicted octanol–water partition coefficient (Wildman–Crippen LogP) is 3.12. The molecule has 4 heteroatoms. The van der Waals surface area contributed by atoms with Crippen LogP contribution in [-0.2, 0) is 0 Å². The van der Waals surface area contributed by atoms with Gasteiger partial charge < -0.3 is 9.32 Å². The average molecular weight is 295 g/mol. The van der Waals surface area contributed by atoms with Crippen molar-refractivity contribution < 1.29 is 9.40 Å². The number of H-pyrrole nitrogens is 1. The van der Waals surface area contributed by atoms with Crippen molar-refractivity contribution in [3.05, 3.63) is 59.2 Å². The molecule has 0 amide bonds. The number of aromatic nitrogens is 1. The largest absolute Gasteiger partial charge is 0.422 e. The molecule has 22 heavy (non-hydrogen) atoms. The summed E-state index contributed by atoms with van der Waals surface area (Å²) in [4.78, 5) is 17.4. The Morgan fingerprint density at radius 2 is 1.77 bits per heavy atom. The van der Waals surface area contributed by atoms with Gasteiger partial charge in [-0.3, -0.25) is 0 Å². The highest BCUT2D eigenvalue weighted by Gasteiger charge is 2.10. The molecule has 0 aliphatic heterocycles. The second-order valence-corrected chi connectivity index (χ2v) is 5.13. The molecule has 2 heterocycles. The van der Waals surface area contributed by atoms with Crippen molar-refractivity contribution in [3.8, 4) is 11.1 Å². The van der Waals surface area contributed by atoms with Gasteiger partial charge in [0, 0.05) is 47.9 Å². The van der Waals surface area contributed by atoms with E-state index in [-0.39, 0.29) is 5.63 Å². The molecule has 0 spiro atoms. The first-order valence-corrected chi connectivity index (χ1v) is 7.52. The lowest BCUT2D eigenvalue weighted by Gasteiger charge is -2.21. The minimum atomic E-state index is -0.310. The zero-order valence-electron chi connectivity index (χ0n) is 12.8. The smallest absolute Gasteiger partial charge is 0.344 e. The molecule has 2 aromatic heterocycles. The van der Waals surface area contributed by atoms with Gasteiger partial charge in [-0.05, 0) is 32.0 Å². The minimum Gasteiger partial charge on any atom is -0.422 e. The third kappa shape index (κ3) is 2.60. The summed E-state index contributed by atoms with van der Waals surface area (Å²) in [6.07, 6.45) is 3.59. The van der Waals surface area contributed by atoms with Gasteiger partial charge in [-0.1, -0.05) is 0 Å². The maximum atomic E-state index is 12.3. The fourth-order valence-corrected chi connectivity index (χ4v) is 2.65. The third-order valence-electron chi connectivity index (χ3n) is 3.88. The normalized spacial score (nSPS) is 10.8. The molecule has 3 aromatic rings. The van der Waals surface area contributed by atoms with Gasteiger partial charge in [-0.15, -0.1) is 0 Å². The van der Waals surface area contributed by atoms with E-state index in [1.807, 2.05) is 30.3 Å². The van der Waals surface area contributed by atoms with Crippen molar-refractivity contribution >= 4 is 16.7 Å². The number of nitrogens with one attached hydrogen (secondary N) is 1. The van der Waals surface area contributed by atoms with Crippen molar-refractivity contribution in [1.82, 2.24) is 0 Å². The maximum Gasteiger partial charge on any atom is 0.344 e. The molecule has 0 unspecified atom stereocenters. The molecule has 0 aliphatic carbocycles. The Balaban J connectivity index is 2.12. The van der Waals surface area contributed by atoms with Crippen LogP contribution in [-0.4, -0.2) is 13.1 Å². The first-order valence-electron chi connectivity index (χ1n) is 7.52. The molecule has 1 aromatic carbocycles. The second-order valence-electron chi connectivity index (χ2n) is 5.13. The molecule has 3 rings (SSSR count). The van der Waals surface area contributed by atoms with E-state index in [0.29, 0.717) is 11.1 Å². The number of pyridine rings is 1. The Morgan fingerprint density at radius 1 is 1.05 bits per heavy atom. The summed E-state index contributed by atoms with van der Waals surface area (Å²) in [7, 11) is 0. The Hall–Kier alpha value is -2.62. The van der Waals surface area contributed by atoms with Gasteiger partial charge in [0.15, 0.2) is 12.4 Å². The Labute approximate surface area is 129 Å². The molecule has 112 valence electrons. The number of hydrogen-bond acceptors (Lipinski definition) is 3. The van der Waals surface area contributed by atoms with E-state index in [1.54, 1.807) is 12.4 Å². The quantitative estimate of drug-likeness (QED) is 0.695. The van der Waals surface area contributed by atoms with Gasteiger partial charge in [-0.25, -0.2) is 9.78 Å². The monoisotopic (exact) mass is 295 g/mol. The SMILES string of the molecule is CCN(CC)c1ccc2cc(-c3cc[nH+]cc3)c(=O)oc2c1. The van der Waals surface area contributed by atoms with E-state index in [1.165, 1.54) is 0 Å². The van der Waals surface area contributed by atoms with Crippen molar-refractivity contribution in [2.45, 2.75) is 13.8 Å². The number of anilines is 1. The van der Waals surface area contributed by atoms with Crippen LogP contribution < -0.4 is 15.5 Å². The lowest BCUT2D eigenvalue weighted by Crippen LogP contribution is -2.21. The average Bonchev–Trinajstić information content (AvgIpc) is 2.56. The minimum absolute atomic E-state index is 0.310. The summed E-state index contributed by atoms with van der Waals surface area (Å²) in [5.74, 6) is 0. The van der Waals surface area contributed by atoms with Gasteiger partial charge in [0.2, 0.25) is 0 Å². The summed E-state index contributed by atoms with van der Waals surface area (Å²) in [5, 5.41) is 0.929. The number of hydrogen-bond donors (Lipinski definition) is 0. The van der Waals surface area contributed by atoms with Crippen molar-refractivity contribution in [2.75, 3.05) is 18.0 Å². The van der Waals surface area contributed by atoms with Gasteiger partial charge in [0.1, 0.15) is 5.58 Å². The van der Waals surface area contributed by atoms with Crippen LogP contribution in [0.2, 0.25) is 0 Å². The Bertz CT molecular complexity index is 837. The van der Waals surface area contributed by atoms with Gasteiger partial charge in [0.05, 0.1) is 5.56 Å². The van der Waals surface area contributed by atoms with Crippen LogP contribution in [0.1, 0.15) is 13.8 Å². The highest BCUT2D eigenvalue weighted by Crippen LogP contribution is 2.24. The van der Waals surface area contributed by atoms with Crippen LogP contribution in [0.3, 0.4) is 0 Å². The fourth-order valence-electron chi connectivity index (χ4n) is 2.65. The first kappa shape index (κ1) is 14.3. The number of rotatable bonds is 4. The molecule has 1 N–H and O–H groups in total. The Morgan fingerprint density at radius 3 is 2.45 bits per heavy atom. The van der Waals surface area contributed by atoms with Crippen LogP contribution in [0, 0.1) is 0 Å². The van der Waals surface area contributed by atoms with E-state index < -0.39 is 0 Å². The summed E-state index contributed by atoms with van der Waals surface area (Å²) in [6.45, 7) is 6.06. The molecule has 0 bridgehead atoms. The third-order valence-corrected chi connectivity index (χ3v) is 3.88. The van der Waals surface area contributed by atoms with E-state index in [9.17, 15) is 4.79 Å². The summed E-state index contributed by atoms with van der Waals surface area (Å²) < 4.78 is 5.53. The lowest BCUT2D eigenvalue weighted by atomic mass is 10.1. The topological polar surface area (TPSA) is 47.6 Å². The maximum absolute atomic E-state index is 12.3. The van der Waals surface area contributed by atoms with E-state index in [4.69, 9.17) is 4.42 Å². The zero-order valence-corrected chi connectivity index (χ0v) is 12.8. The van der Waals surface area contributed by atoms with Gasteiger partial charge >= 0.3 is 5.63 Å². The number of aromatic amines is 1. The lowest BCUT2D eigenvalue weighted by molar-refractivity contribution is -0.377. The molecule has 0 radical (unpaired) electrons. The van der Waals surface area contributed by atoms with Gasteiger partial charge in [0.25, 0.3) is 0 Å². The summed E-state index contributed by atoms with van der Waals surface area (Å²) in [5.41, 5.74) is 2.82. The standard InChI is InChI=1S/C18H18N2O2/c1-3-20(4-2)15-6-5-14-11-16(13-7-9-19-10-8-13)18(21)22-17(14)12-15/h5-12H,3-4H2,1-2H3/p+1. The number of benzene rings is 1. The van der Waals surface area contributed by atoms with Crippen molar-refractivity contribution in [1.29, 1.82) is 0 Å². The summed E-state index contributed by atoms with van der Waals surface area (Å²) >= 11 is 0. The Kier molecular flexibility index (Phi) is 3.92. The highest BCUT2D eigenvalue weighted by molar-refractivity contribution is 5.84. The molecule has 0 aliphatic rings. The van der Waals surface area contributed by atoms with E-state index >= 15 is 0 Å². The first-order chi connectivity index (χ1) is 10.7. The van der Waals surface area contributed by atoms with Crippen LogP contribution >= 0.6 is 0 Å². The molecule has 0 fully saturated rings. The van der Waals surface area contributed by atoms with Crippen LogP contribution in [0.25, 0.3) is 22.1 Å². The van der Waals surface area contributed by atoms with Crippen molar-refractivity contribution in [2.24, 2.45) is 0 Å². The zero-order chi connectivity index (χ0) is 15.5. The number of fused-ring (bicyclic) bond motifs is 1. The van der Waals surface area contributed by atoms with Gasteiger partial charge in [-0.2, -0.15) is 0 Å². The molecule has 4 nitrogen and oxygen atoms in total. The molecule has 0 atom stereocenters. The van der Waals surface area contributed by atoms with Crippen LogP contribution in [0.15, 0.2) is 58.0 Å². The van der Waals surface area contributed by atoms with Crippen LogP contribution in [0.4, 0.5) is 5.69 Å². The fraction of sp³-hybridized carbons (Fsp3) is 0.222. The molecule has 0 saturated carbocycles.